The van der Waals surface area contributed by atoms with Gasteiger partial charge in [0.2, 0.25) is 0 Å². The van der Waals surface area contributed by atoms with Crippen molar-refractivity contribution in [3.05, 3.63) is 46.7 Å². The lowest BCUT2D eigenvalue weighted by molar-refractivity contribution is -0.907. The van der Waals surface area contributed by atoms with Gasteiger partial charge in [-0.25, -0.2) is 0 Å². The number of hydrogen-bond acceptors (Lipinski definition) is 4. The maximum atomic E-state index is 12.7. The molecule has 1 aromatic carbocycles. The van der Waals surface area contributed by atoms with E-state index in [1.165, 1.54) is 17.4 Å². The number of benzene rings is 1. The summed E-state index contributed by atoms with van der Waals surface area (Å²) in [4.78, 5) is 27.9. The summed E-state index contributed by atoms with van der Waals surface area (Å²) in [5, 5.41) is 10.4. The minimum absolute atomic E-state index is 0.203. The molecule has 0 saturated carbocycles. The fourth-order valence-corrected chi connectivity index (χ4v) is 3.84. The molecule has 6 heteroatoms. The molecule has 3 rings (SSSR count). The summed E-state index contributed by atoms with van der Waals surface area (Å²) in [6.45, 7) is 10.2. The number of amides is 1. The topological polar surface area (TPSA) is 71.3 Å². The predicted molar refractivity (Wildman–Crippen MR) is 102 cm³/mol. The van der Waals surface area contributed by atoms with Crippen LogP contribution in [0.15, 0.2) is 35.6 Å². The Morgan fingerprint density at radius 2 is 1.89 bits per heavy atom. The quantitative estimate of drug-likeness (QED) is 0.781. The molecule has 0 bridgehead atoms. The van der Waals surface area contributed by atoms with Crippen LogP contribution in [-0.4, -0.2) is 61.1 Å². The Morgan fingerprint density at radius 1 is 1.26 bits per heavy atom. The highest BCUT2D eigenvalue weighted by Crippen LogP contribution is 2.37. The Kier molecular flexibility index (Phi) is 5.97. The number of quaternary nitrogens is 1. The van der Waals surface area contributed by atoms with E-state index >= 15 is 0 Å². The lowest BCUT2D eigenvalue weighted by Crippen LogP contribution is -3.14. The summed E-state index contributed by atoms with van der Waals surface area (Å²) in [6, 6.07) is 7.47. The molecule has 2 heterocycles. The molecule has 0 unspecified atom stereocenters. The number of carbonyl (C=O) groups is 2. The van der Waals surface area contributed by atoms with Gasteiger partial charge in [-0.3, -0.25) is 9.59 Å². The predicted octanol–water partition coefficient (Wildman–Crippen LogP) is 1.01. The van der Waals surface area contributed by atoms with Crippen LogP contribution in [0.5, 0.6) is 0 Å². The van der Waals surface area contributed by atoms with Crippen LogP contribution in [0, 0.1) is 0 Å². The van der Waals surface area contributed by atoms with Gasteiger partial charge < -0.3 is 19.6 Å². The molecular weight excluding hydrogens is 344 g/mol. The summed E-state index contributed by atoms with van der Waals surface area (Å²) >= 11 is 0. The second-order valence-electron chi connectivity index (χ2n) is 7.65. The zero-order valence-corrected chi connectivity index (χ0v) is 16.3. The number of hydrogen-bond donors (Lipinski definition) is 2. The average molecular weight is 373 g/mol. The van der Waals surface area contributed by atoms with Crippen molar-refractivity contribution in [2.75, 3.05) is 39.4 Å². The van der Waals surface area contributed by atoms with Crippen LogP contribution in [0.3, 0.4) is 0 Å². The monoisotopic (exact) mass is 373 g/mol. The second kappa shape index (κ2) is 8.23. The Balaban J connectivity index is 1.86. The number of aliphatic hydroxyl groups excluding tert-OH is 1. The van der Waals surface area contributed by atoms with Gasteiger partial charge in [-0.2, -0.15) is 0 Å². The largest absolute Gasteiger partial charge is 0.503 e. The van der Waals surface area contributed by atoms with E-state index in [2.05, 4.69) is 13.8 Å². The maximum absolute atomic E-state index is 12.7. The lowest BCUT2D eigenvalue weighted by Gasteiger charge is -2.30. The van der Waals surface area contributed by atoms with Crippen molar-refractivity contribution in [3.8, 4) is 0 Å². The van der Waals surface area contributed by atoms with Crippen LogP contribution in [0.4, 0.5) is 0 Å². The molecule has 146 valence electrons. The van der Waals surface area contributed by atoms with Gasteiger partial charge in [-0.05, 0) is 24.0 Å². The van der Waals surface area contributed by atoms with Gasteiger partial charge >= 0.3 is 0 Å². The Hall–Kier alpha value is -2.18. The third-order valence-electron chi connectivity index (χ3n) is 5.51. The number of Topliss-reactive ketones (excluding diaryl/α,β-unsaturated/α-hetero) is 1. The lowest BCUT2D eigenvalue weighted by atomic mass is 9.94. The second-order valence-corrected chi connectivity index (χ2v) is 7.65. The molecule has 6 nitrogen and oxygen atoms in total. The van der Waals surface area contributed by atoms with Gasteiger partial charge in [0.05, 0.1) is 37.9 Å². The van der Waals surface area contributed by atoms with Gasteiger partial charge in [-0.1, -0.05) is 38.1 Å². The molecule has 1 fully saturated rings. The van der Waals surface area contributed by atoms with Crippen molar-refractivity contribution < 1.29 is 24.3 Å². The molecule has 1 atom stereocenters. The van der Waals surface area contributed by atoms with E-state index in [9.17, 15) is 14.7 Å². The standard InChI is InChI=1S/C21H28N2O4/c1-14(2)16-4-6-17(7-5-16)19-18(15(3)24)20(25)21(26)23(19)9-8-22-10-12-27-13-11-22/h4-7,14,19,25H,8-13H2,1-3H3/p+1/t19-/m1/s1. The first-order chi connectivity index (χ1) is 12.9. The van der Waals surface area contributed by atoms with Crippen LogP contribution in [0.2, 0.25) is 0 Å². The summed E-state index contributed by atoms with van der Waals surface area (Å²) in [5.74, 6) is -0.718. The van der Waals surface area contributed by atoms with Crippen LogP contribution >= 0.6 is 0 Å². The highest BCUT2D eigenvalue weighted by Gasteiger charge is 2.42. The highest BCUT2D eigenvalue weighted by molar-refractivity contribution is 6.08. The third-order valence-corrected chi connectivity index (χ3v) is 5.51. The first kappa shape index (κ1) is 19.6. The van der Waals surface area contributed by atoms with Crippen LogP contribution in [-0.2, 0) is 14.3 Å². The zero-order valence-electron chi connectivity index (χ0n) is 16.3. The van der Waals surface area contributed by atoms with Crippen molar-refractivity contribution in [1.29, 1.82) is 0 Å². The van der Waals surface area contributed by atoms with Crippen molar-refractivity contribution in [2.24, 2.45) is 0 Å². The normalized spacial score (nSPS) is 21.4. The van der Waals surface area contributed by atoms with Crippen LogP contribution in [0.1, 0.15) is 43.9 Å². The van der Waals surface area contributed by atoms with Crippen molar-refractivity contribution in [3.63, 3.8) is 0 Å². The number of ether oxygens (including phenoxy) is 1. The van der Waals surface area contributed by atoms with E-state index in [4.69, 9.17) is 4.74 Å². The Labute approximate surface area is 160 Å². The molecule has 1 amide bonds. The van der Waals surface area contributed by atoms with Crippen LogP contribution in [0.25, 0.3) is 0 Å². The molecule has 0 aromatic heterocycles. The fourth-order valence-electron chi connectivity index (χ4n) is 3.84. The maximum Gasteiger partial charge on any atom is 0.290 e. The summed E-state index contributed by atoms with van der Waals surface area (Å²) < 4.78 is 5.38. The van der Waals surface area contributed by atoms with E-state index < -0.39 is 17.7 Å². The van der Waals surface area contributed by atoms with Gasteiger partial charge in [0.1, 0.15) is 13.1 Å². The number of carbonyl (C=O) groups excluding carboxylic acids is 2. The van der Waals surface area contributed by atoms with Crippen molar-refractivity contribution in [2.45, 2.75) is 32.7 Å². The highest BCUT2D eigenvalue weighted by atomic mass is 16.5. The van der Waals surface area contributed by atoms with E-state index in [-0.39, 0.29) is 11.4 Å². The molecule has 2 N–H and O–H groups in total. The van der Waals surface area contributed by atoms with Crippen molar-refractivity contribution in [1.82, 2.24) is 4.90 Å². The number of nitrogens with one attached hydrogen (secondary N) is 1. The fraction of sp³-hybridized carbons (Fsp3) is 0.524. The molecule has 1 saturated heterocycles. The number of morpholine rings is 1. The van der Waals surface area contributed by atoms with E-state index in [1.54, 1.807) is 4.90 Å². The SMILES string of the molecule is CC(=O)C1=C(O)C(=O)N(CC[NH+]2CCOCC2)[C@@H]1c1ccc(C(C)C)cc1. The van der Waals surface area contributed by atoms with E-state index in [1.807, 2.05) is 24.3 Å². The number of ketones is 1. The Morgan fingerprint density at radius 3 is 2.44 bits per heavy atom. The minimum Gasteiger partial charge on any atom is -0.503 e. The summed E-state index contributed by atoms with van der Waals surface area (Å²) in [7, 11) is 0. The molecule has 27 heavy (non-hydrogen) atoms. The zero-order chi connectivity index (χ0) is 19.6. The van der Waals surface area contributed by atoms with Gasteiger partial charge in [-0.15, -0.1) is 0 Å². The molecule has 2 aliphatic rings. The summed E-state index contributed by atoms with van der Waals surface area (Å²) in [6.07, 6.45) is 0. The van der Waals surface area contributed by atoms with Gasteiger partial charge in [0.25, 0.3) is 5.91 Å². The van der Waals surface area contributed by atoms with Gasteiger partial charge in [0, 0.05) is 0 Å². The first-order valence-corrected chi connectivity index (χ1v) is 9.66. The third kappa shape index (κ3) is 4.06. The number of aliphatic hydroxyl groups is 1. The van der Waals surface area contributed by atoms with Gasteiger partial charge in [0.15, 0.2) is 11.5 Å². The van der Waals surface area contributed by atoms with Crippen LogP contribution < -0.4 is 4.90 Å². The minimum atomic E-state index is -0.517. The molecule has 0 radical (unpaired) electrons. The molecule has 0 spiro atoms. The van der Waals surface area contributed by atoms with E-state index in [0.717, 1.165) is 38.4 Å². The Bertz CT molecular complexity index is 733. The van der Waals surface area contributed by atoms with Crippen molar-refractivity contribution >= 4 is 11.7 Å². The smallest absolute Gasteiger partial charge is 0.290 e. The first-order valence-electron chi connectivity index (χ1n) is 9.66. The molecule has 2 aliphatic heterocycles. The average Bonchev–Trinajstić information content (AvgIpc) is 2.92. The molecular formula is C21H29N2O4+. The summed E-state index contributed by atoms with van der Waals surface area (Å²) in [5.41, 5.74) is 2.26. The number of nitrogens with zero attached hydrogens (tertiary/aromatic N) is 1. The molecule has 0 aliphatic carbocycles. The number of rotatable bonds is 6. The molecule has 1 aromatic rings. The van der Waals surface area contributed by atoms with E-state index in [0.29, 0.717) is 12.5 Å².